The van der Waals surface area contributed by atoms with Crippen LogP contribution in [0.1, 0.15) is 70.6 Å². The minimum Gasteiger partial charge on any atom is -0.299 e. The summed E-state index contributed by atoms with van der Waals surface area (Å²) in [6, 6.07) is 0. The highest BCUT2D eigenvalue weighted by Gasteiger charge is 2.56. The Morgan fingerprint density at radius 2 is 1.32 bits per heavy atom. The molecule has 4 saturated carbocycles. The first-order valence-electron chi connectivity index (χ1n) is 9.57. The molecule has 6 rings (SSSR count). The summed E-state index contributed by atoms with van der Waals surface area (Å²) in [5, 5.41) is 0.686. The molecule has 2 atom stereocenters. The van der Waals surface area contributed by atoms with Crippen molar-refractivity contribution in [3.8, 4) is 0 Å². The van der Waals surface area contributed by atoms with Crippen LogP contribution in [0.2, 0.25) is 0 Å². The molecule has 0 amide bonds. The van der Waals surface area contributed by atoms with Gasteiger partial charge in [0.2, 0.25) is 0 Å². The zero-order valence-electron chi connectivity index (χ0n) is 13.5. The highest BCUT2D eigenvalue weighted by atomic mass is 32.2. The number of hydrogen-bond acceptors (Lipinski definition) is 2. The lowest BCUT2D eigenvalue weighted by atomic mass is 9.47. The summed E-state index contributed by atoms with van der Waals surface area (Å²) in [5.41, 5.74) is 0.0620. The minimum atomic E-state index is -0.637. The molecule has 0 aromatic rings. The fraction of sp³-hybridized carbons (Fsp3) is 0.947. The van der Waals surface area contributed by atoms with Gasteiger partial charge in [0.25, 0.3) is 0 Å². The van der Waals surface area contributed by atoms with Crippen LogP contribution in [0.25, 0.3) is 0 Å². The lowest BCUT2D eigenvalue weighted by molar-refractivity contribution is -0.149. The van der Waals surface area contributed by atoms with E-state index in [9.17, 15) is 9.00 Å². The minimum absolute atomic E-state index is 0.0620. The van der Waals surface area contributed by atoms with Crippen molar-refractivity contribution in [1.29, 1.82) is 0 Å². The van der Waals surface area contributed by atoms with E-state index in [0.717, 1.165) is 43.4 Å². The molecule has 4 aliphatic carbocycles. The van der Waals surface area contributed by atoms with Crippen molar-refractivity contribution < 1.29 is 9.00 Å². The van der Waals surface area contributed by atoms with Gasteiger partial charge in [-0.2, -0.15) is 0 Å². The molecule has 3 heteroatoms. The molecule has 0 spiro atoms. The van der Waals surface area contributed by atoms with Gasteiger partial charge in [-0.1, -0.05) is 6.42 Å². The molecule has 0 N–H and O–H groups in total. The van der Waals surface area contributed by atoms with Crippen LogP contribution < -0.4 is 0 Å². The first kappa shape index (κ1) is 14.2. The SMILES string of the molecule is O=C(C1CC2CCCC(C1)S2=O)C12CC3CC(CC(C3)C1)C2. The Bertz CT molecular complexity index is 474. The second-order valence-corrected chi connectivity index (χ2v) is 11.2. The highest BCUT2D eigenvalue weighted by molar-refractivity contribution is 7.86. The Morgan fingerprint density at radius 1 is 0.818 bits per heavy atom. The van der Waals surface area contributed by atoms with Crippen molar-refractivity contribution >= 4 is 16.6 Å². The Kier molecular flexibility index (Phi) is 3.17. The molecule has 0 radical (unpaired) electrons. The summed E-state index contributed by atoms with van der Waals surface area (Å²) < 4.78 is 12.4. The first-order valence-corrected chi connectivity index (χ1v) is 10.8. The van der Waals surface area contributed by atoms with E-state index in [1.54, 1.807) is 0 Å². The number of hydrogen-bond donors (Lipinski definition) is 0. The van der Waals surface area contributed by atoms with Crippen molar-refractivity contribution in [1.82, 2.24) is 0 Å². The van der Waals surface area contributed by atoms with Crippen molar-refractivity contribution in [2.45, 2.75) is 81.1 Å². The number of Topliss-reactive ketones (excluding diaryl/α,β-unsaturated/α-hetero) is 1. The van der Waals surface area contributed by atoms with E-state index >= 15 is 0 Å². The van der Waals surface area contributed by atoms with E-state index in [1.807, 2.05) is 0 Å². The van der Waals surface area contributed by atoms with Gasteiger partial charge in [-0.25, -0.2) is 0 Å². The number of rotatable bonds is 2. The zero-order valence-corrected chi connectivity index (χ0v) is 14.3. The average Bonchev–Trinajstić information content (AvgIpc) is 2.44. The average molecular weight is 320 g/mol. The maximum atomic E-state index is 13.5. The van der Waals surface area contributed by atoms with E-state index in [-0.39, 0.29) is 11.3 Å². The second kappa shape index (κ2) is 4.91. The molecular formula is C19H28O2S. The summed E-state index contributed by atoms with van der Waals surface area (Å²) in [4.78, 5) is 13.5. The molecule has 2 aliphatic heterocycles. The van der Waals surface area contributed by atoms with Crippen LogP contribution in [0.5, 0.6) is 0 Å². The van der Waals surface area contributed by atoms with E-state index in [4.69, 9.17) is 0 Å². The molecule has 6 bridgehead atoms. The fourth-order valence-corrected chi connectivity index (χ4v) is 9.48. The molecule has 0 aromatic carbocycles. The van der Waals surface area contributed by atoms with Gasteiger partial charge in [-0.15, -0.1) is 0 Å². The summed E-state index contributed by atoms with van der Waals surface area (Å²) >= 11 is 0. The summed E-state index contributed by atoms with van der Waals surface area (Å²) in [7, 11) is -0.637. The van der Waals surface area contributed by atoms with Crippen LogP contribution in [0.15, 0.2) is 0 Å². The van der Waals surface area contributed by atoms with Gasteiger partial charge >= 0.3 is 0 Å². The summed E-state index contributed by atoms with van der Waals surface area (Å²) in [5.74, 6) is 3.44. The second-order valence-electron chi connectivity index (χ2n) is 9.23. The Morgan fingerprint density at radius 3 is 1.82 bits per heavy atom. The van der Waals surface area contributed by atoms with E-state index < -0.39 is 10.8 Å². The molecule has 0 aromatic heterocycles. The molecule has 6 fully saturated rings. The third-order valence-electron chi connectivity index (χ3n) is 7.74. The Labute approximate surface area is 136 Å². The van der Waals surface area contributed by atoms with Gasteiger partial charge in [0, 0.05) is 32.6 Å². The molecule has 6 aliphatic rings. The lowest BCUT2D eigenvalue weighted by Gasteiger charge is -2.57. The van der Waals surface area contributed by atoms with Crippen LogP contribution in [0.3, 0.4) is 0 Å². The Balaban J connectivity index is 1.39. The van der Waals surface area contributed by atoms with E-state index in [2.05, 4.69) is 0 Å². The molecule has 2 nitrogen and oxygen atoms in total. The molecule has 2 heterocycles. The van der Waals surface area contributed by atoms with Crippen molar-refractivity contribution in [2.24, 2.45) is 29.1 Å². The third-order valence-corrected chi connectivity index (χ3v) is 9.91. The van der Waals surface area contributed by atoms with Crippen LogP contribution in [-0.4, -0.2) is 20.5 Å². The first-order chi connectivity index (χ1) is 10.6. The normalized spacial score (nSPS) is 56.1. The van der Waals surface area contributed by atoms with Gasteiger partial charge in [0.05, 0.1) is 0 Å². The van der Waals surface area contributed by atoms with Crippen molar-refractivity contribution in [2.75, 3.05) is 0 Å². The third kappa shape index (κ3) is 2.03. The quantitative estimate of drug-likeness (QED) is 0.774. The number of fused-ring (bicyclic) bond motifs is 2. The van der Waals surface area contributed by atoms with Crippen LogP contribution in [0, 0.1) is 29.1 Å². The predicted octanol–water partition coefficient (Wildman–Crippen LogP) is 3.85. The number of ketones is 1. The predicted molar refractivity (Wildman–Crippen MR) is 87.9 cm³/mol. The van der Waals surface area contributed by atoms with Gasteiger partial charge in [0.1, 0.15) is 5.78 Å². The molecule has 122 valence electrons. The van der Waals surface area contributed by atoms with Gasteiger partial charge in [-0.05, 0) is 82.0 Å². The van der Waals surface area contributed by atoms with E-state index in [1.165, 1.54) is 44.9 Å². The molecule has 2 saturated heterocycles. The lowest BCUT2D eigenvalue weighted by Crippen LogP contribution is -2.53. The monoisotopic (exact) mass is 320 g/mol. The maximum Gasteiger partial charge on any atom is 0.142 e. The van der Waals surface area contributed by atoms with Crippen molar-refractivity contribution in [3.05, 3.63) is 0 Å². The molecule has 2 unspecified atom stereocenters. The standard InChI is InChI=1S/C19H28O2S/c20-18(15-7-16-2-1-3-17(8-15)22(16)21)19-9-12-4-13(10-19)6-14(5-12)11-19/h12-17H,1-11H2. The Hall–Kier alpha value is -0.180. The smallest absolute Gasteiger partial charge is 0.142 e. The molecular weight excluding hydrogens is 292 g/mol. The van der Waals surface area contributed by atoms with Crippen molar-refractivity contribution in [3.63, 3.8) is 0 Å². The molecule has 22 heavy (non-hydrogen) atoms. The maximum absolute atomic E-state index is 13.5. The number of carbonyl (C=O) groups is 1. The zero-order chi connectivity index (χ0) is 14.9. The highest BCUT2D eigenvalue weighted by Crippen LogP contribution is 2.61. The van der Waals surface area contributed by atoms with E-state index in [0.29, 0.717) is 16.3 Å². The van der Waals surface area contributed by atoms with Gasteiger partial charge in [0.15, 0.2) is 0 Å². The van der Waals surface area contributed by atoms with Gasteiger partial charge in [-0.3, -0.25) is 9.00 Å². The number of carbonyl (C=O) groups excluding carboxylic acids is 1. The topological polar surface area (TPSA) is 34.1 Å². The van der Waals surface area contributed by atoms with Crippen LogP contribution in [-0.2, 0) is 15.6 Å². The summed E-state index contributed by atoms with van der Waals surface area (Å²) in [6.45, 7) is 0. The van der Waals surface area contributed by atoms with Crippen LogP contribution >= 0.6 is 0 Å². The fourth-order valence-electron chi connectivity index (χ4n) is 7.29. The largest absolute Gasteiger partial charge is 0.299 e. The van der Waals surface area contributed by atoms with Crippen LogP contribution in [0.4, 0.5) is 0 Å². The van der Waals surface area contributed by atoms with Gasteiger partial charge < -0.3 is 0 Å². The summed E-state index contributed by atoms with van der Waals surface area (Å²) in [6.07, 6.45) is 13.2.